The van der Waals surface area contributed by atoms with Gasteiger partial charge in [0.2, 0.25) is 0 Å². The quantitative estimate of drug-likeness (QED) is 0.649. The summed E-state index contributed by atoms with van der Waals surface area (Å²) in [6.45, 7) is 2.05. The van der Waals surface area contributed by atoms with E-state index in [9.17, 15) is 4.79 Å². The Morgan fingerprint density at radius 3 is 2.85 bits per heavy atom. The van der Waals surface area contributed by atoms with Crippen LogP contribution in [0.2, 0.25) is 0 Å². The molecule has 13 heavy (non-hydrogen) atoms. The van der Waals surface area contributed by atoms with Crippen molar-refractivity contribution in [3.63, 3.8) is 0 Å². The van der Waals surface area contributed by atoms with E-state index in [1.807, 2.05) is 6.92 Å². The van der Waals surface area contributed by atoms with Crippen LogP contribution >= 0.6 is 0 Å². The van der Waals surface area contributed by atoms with Gasteiger partial charge in [-0.25, -0.2) is 5.48 Å². The molecule has 1 aliphatic carbocycles. The Labute approximate surface area is 78.2 Å². The van der Waals surface area contributed by atoms with Crippen LogP contribution in [0.25, 0.3) is 0 Å². The lowest BCUT2D eigenvalue weighted by Crippen LogP contribution is -2.41. The summed E-state index contributed by atoms with van der Waals surface area (Å²) < 4.78 is 0. The molecule has 1 aliphatic rings. The predicted molar refractivity (Wildman–Crippen MR) is 48.1 cm³/mol. The number of carbonyl (C=O) groups is 1. The van der Waals surface area contributed by atoms with E-state index in [0.717, 1.165) is 19.3 Å². The first-order valence-corrected chi connectivity index (χ1v) is 4.67. The number of nitrogens with one attached hydrogen (secondary N) is 1. The molecule has 0 aromatic carbocycles. The summed E-state index contributed by atoms with van der Waals surface area (Å²) in [5, 5.41) is 8.78. The van der Waals surface area contributed by atoms with E-state index in [4.69, 9.17) is 9.94 Å². The summed E-state index contributed by atoms with van der Waals surface area (Å²) in [6, 6.07) is 0. The van der Waals surface area contributed by atoms with Crippen LogP contribution in [0.3, 0.4) is 0 Å². The summed E-state index contributed by atoms with van der Waals surface area (Å²) in [5.74, 6) is -0.472. The zero-order valence-electron chi connectivity index (χ0n) is 8.17. The molecule has 0 saturated heterocycles. The number of carboxylic acid groups (broad SMARTS) is 1. The molecular formula is C9H17NO3. The monoisotopic (exact) mass is 187 g/mol. The topological polar surface area (TPSA) is 58.6 Å². The van der Waals surface area contributed by atoms with E-state index in [1.54, 1.807) is 7.05 Å². The van der Waals surface area contributed by atoms with Crippen LogP contribution in [0.15, 0.2) is 0 Å². The number of aliphatic carboxylic acids is 1. The van der Waals surface area contributed by atoms with Crippen molar-refractivity contribution in [2.45, 2.75) is 38.2 Å². The normalized spacial score (nSPS) is 33.5. The Bertz CT molecular complexity index is 195. The van der Waals surface area contributed by atoms with Gasteiger partial charge in [0.05, 0.1) is 6.42 Å². The molecule has 0 aromatic heterocycles. The second-order valence-electron chi connectivity index (χ2n) is 3.73. The number of hydrogen-bond donors (Lipinski definition) is 2. The zero-order valence-corrected chi connectivity index (χ0v) is 8.17. The highest BCUT2D eigenvalue weighted by Gasteiger charge is 2.43. The minimum absolute atomic E-state index is 0.0923. The van der Waals surface area contributed by atoms with Crippen molar-refractivity contribution in [1.29, 1.82) is 0 Å². The molecule has 0 spiro atoms. The van der Waals surface area contributed by atoms with Crippen LogP contribution < -0.4 is 5.48 Å². The van der Waals surface area contributed by atoms with E-state index < -0.39 is 11.6 Å². The average Bonchev–Trinajstić information content (AvgIpc) is 2.32. The van der Waals surface area contributed by atoms with Crippen LogP contribution in [-0.2, 0) is 9.63 Å². The third-order valence-corrected chi connectivity index (χ3v) is 2.89. The molecule has 4 heteroatoms. The maximum Gasteiger partial charge on any atom is 0.306 e. The van der Waals surface area contributed by atoms with Gasteiger partial charge in [0.15, 0.2) is 0 Å². The smallest absolute Gasteiger partial charge is 0.306 e. The molecule has 1 fully saturated rings. The third kappa shape index (κ3) is 2.19. The van der Waals surface area contributed by atoms with Gasteiger partial charge >= 0.3 is 5.97 Å². The fourth-order valence-corrected chi connectivity index (χ4v) is 2.13. The lowest BCUT2D eigenvalue weighted by molar-refractivity contribution is -0.157. The molecule has 0 aromatic rings. The number of rotatable bonds is 4. The standard InChI is InChI=1S/C9H17NO3/c1-7-4-3-5-9(7,13-10-2)6-8(11)12/h7,10H,3-6H2,1-2H3,(H,11,12). The van der Waals surface area contributed by atoms with Crippen molar-refractivity contribution in [1.82, 2.24) is 5.48 Å². The highest BCUT2D eigenvalue weighted by molar-refractivity contribution is 5.68. The molecule has 0 radical (unpaired) electrons. The number of carboxylic acids is 1. The van der Waals surface area contributed by atoms with E-state index >= 15 is 0 Å². The number of hydrogen-bond acceptors (Lipinski definition) is 3. The zero-order chi connectivity index (χ0) is 9.90. The van der Waals surface area contributed by atoms with Gasteiger partial charge in [-0.1, -0.05) is 13.3 Å². The first kappa shape index (κ1) is 10.5. The van der Waals surface area contributed by atoms with Gasteiger partial charge in [0.25, 0.3) is 0 Å². The fourth-order valence-electron chi connectivity index (χ4n) is 2.13. The second kappa shape index (κ2) is 4.07. The molecule has 0 heterocycles. The Kier molecular flexibility index (Phi) is 3.27. The second-order valence-corrected chi connectivity index (χ2v) is 3.73. The Balaban J connectivity index is 2.67. The number of hydroxylamine groups is 1. The van der Waals surface area contributed by atoms with Crippen LogP contribution in [0, 0.1) is 5.92 Å². The largest absolute Gasteiger partial charge is 0.481 e. The maximum absolute atomic E-state index is 10.7. The molecule has 2 unspecified atom stereocenters. The van der Waals surface area contributed by atoms with E-state index in [-0.39, 0.29) is 6.42 Å². The molecular weight excluding hydrogens is 170 g/mol. The van der Waals surface area contributed by atoms with Crippen molar-refractivity contribution in [3.8, 4) is 0 Å². The van der Waals surface area contributed by atoms with E-state index in [2.05, 4.69) is 5.48 Å². The highest BCUT2D eigenvalue weighted by atomic mass is 16.7. The molecule has 0 amide bonds. The first-order chi connectivity index (χ1) is 6.10. The molecule has 4 nitrogen and oxygen atoms in total. The predicted octanol–water partition coefficient (Wildman–Crippen LogP) is 1.17. The average molecular weight is 187 g/mol. The van der Waals surface area contributed by atoms with Crippen molar-refractivity contribution < 1.29 is 14.7 Å². The van der Waals surface area contributed by atoms with Crippen molar-refractivity contribution in [3.05, 3.63) is 0 Å². The lowest BCUT2D eigenvalue weighted by atomic mass is 9.89. The van der Waals surface area contributed by atoms with E-state index in [1.165, 1.54) is 0 Å². The van der Waals surface area contributed by atoms with Gasteiger partial charge in [-0.2, -0.15) is 0 Å². The van der Waals surface area contributed by atoms with Crippen molar-refractivity contribution >= 4 is 5.97 Å². The van der Waals surface area contributed by atoms with Crippen molar-refractivity contribution in [2.75, 3.05) is 7.05 Å². The lowest BCUT2D eigenvalue weighted by Gasteiger charge is -2.31. The van der Waals surface area contributed by atoms with Crippen LogP contribution in [-0.4, -0.2) is 23.7 Å². The van der Waals surface area contributed by atoms with E-state index in [0.29, 0.717) is 5.92 Å². The van der Waals surface area contributed by atoms with Gasteiger partial charge < -0.3 is 5.11 Å². The molecule has 1 rings (SSSR count). The Hall–Kier alpha value is -0.610. The summed E-state index contributed by atoms with van der Waals surface area (Å²) in [7, 11) is 1.68. The Morgan fingerprint density at radius 2 is 2.46 bits per heavy atom. The molecule has 1 saturated carbocycles. The summed E-state index contributed by atoms with van der Waals surface area (Å²) in [5.41, 5.74) is 2.14. The van der Waals surface area contributed by atoms with Gasteiger partial charge in [-0.05, 0) is 18.8 Å². The van der Waals surface area contributed by atoms with Gasteiger partial charge in [-0.3, -0.25) is 9.63 Å². The fraction of sp³-hybridized carbons (Fsp3) is 0.889. The maximum atomic E-state index is 10.7. The molecule has 0 bridgehead atoms. The minimum atomic E-state index is -0.788. The van der Waals surface area contributed by atoms with Gasteiger partial charge in [-0.15, -0.1) is 0 Å². The SMILES string of the molecule is CNOC1(CC(=O)O)CCCC1C. The Morgan fingerprint density at radius 1 is 1.77 bits per heavy atom. The van der Waals surface area contributed by atoms with Crippen LogP contribution in [0.4, 0.5) is 0 Å². The molecule has 2 atom stereocenters. The summed E-state index contributed by atoms with van der Waals surface area (Å²) >= 11 is 0. The van der Waals surface area contributed by atoms with Crippen LogP contribution in [0.1, 0.15) is 32.6 Å². The third-order valence-electron chi connectivity index (χ3n) is 2.89. The van der Waals surface area contributed by atoms with Crippen molar-refractivity contribution in [2.24, 2.45) is 5.92 Å². The van der Waals surface area contributed by atoms with Gasteiger partial charge in [0.1, 0.15) is 5.60 Å². The highest BCUT2D eigenvalue weighted by Crippen LogP contribution is 2.40. The molecule has 76 valence electrons. The summed E-state index contributed by atoms with van der Waals surface area (Å²) in [4.78, 5) is 16.1. The van der Waals surface area contributed by atoms with Gasteiger partial charge in [0, 0.05) is 7.05 Å². The summed E-state index contributed by atoms with van der Waals surface area (Å²) in [6.07, 6.45) is 3.03. The van der Waals surface area contributed by atoms with Crippen LogP contribution in [0.5, 0.6) is 0 Å². The minimum Gasteiger partial charge on any atom is -0.481 e. The molecule has 2 N–H and O–H groups in total. The first-order valence-electron chi connectivity index (χ1n) is 4.67. The molecule has 0 aliphatic heterocycles.